The number of nitrogens with one attached hydrogen (secondary N) is 1. The molecule has 1 saturated carbocycles. The molecule has 1 aromatic rings. The summed E-state index contributed by atoms with van der Waals surface area (Å²) in [6.45, 7) is 4.69. The largest absolute Gasteiger partial charge is 0.198 e. The maximum Gasteiger partial charge on any atom is 0.0855 e. The van der Waals surface area contributed by atoms with E-state index in [1.807, 2.05) is 6.20 Å². The van der Waals surface area contributed by atoms with Crippen LogP contribution >= 0.6 is 0 Å². The molecule has 13 heavy (non-hydrogen) atoms. The van der Waals surface area contributed by atoms with Gasteiger partial charge in [0.2, 0.25) is 0 Å². The van der Waals surface area contributed by atoms with Crippen molar-refractivity contribution in [2.75, 3.05) is 0 Å². The standard InChI is InChI=1S/C10H17N3/c1-10(2)5-3-4-8(6-10)9-7-11-13-12-9/h7-8H,3-6H2,1-2H3,(H,11,12,13)/t8-/m0/s1. The number of hydrogen-bond acceptors (Lipinski definition) is 2. The van der Waals surface area contributed by atoms with E-state index in [0.717, 1.165) is 5.69 Å². The van der Waals surface area contributed by atoms with Crippen LogP contribution < -0.4 is 0 Å². The molecule has 1 aliphatic carbocycles. The molecule has 0 spiro atoms. The molecule has 1 aromatic heterocycles. The normalized spacial score (nSPS) is 27.4. The molecule has 1 fully saturated rings. The van der Waals surface area contributed by atoms with Crippen LogP contribution in [0.2, 0.25) is 0 Å². The van der Waals surface area contributed by atoms with Crippen LogP contribution in [0.15, 0.2) is 6.20 Å². The minimum Gasteiger partial charge on any atom is -0.198 e. The van der Waals surface area contributed by atoms with Crippen molar-refractivity contribution in [1.82, 2.24) is 15.4 Å². The van der Waals surface area contributed by atoms with Crippen LogP contribution in [0, 0.1) is 5.41 Å². The second-order valence-corrected chi connectivity index (χ2v) is 4.85. The summed E-state index contributed by atoms with van der Waals surface area (Å²) in [7, 11) is 0. The van der Waals surface area contributed by atoms with Gasteiger partial charge in [-0.2, -0.15) is 15.4 Å². The van der Waals surface area contributed by atoms with Gasteiger partial charge in [-0.05, 0) is 24.7 Å². The Morgan fingerprint density at radius 2 is 2.38 bits per heavy atom. The summed E-state index contributed by atoms with van der Waals surface area (Å²) < 4.78 is 0. The minimum atomic E-state index is 0.488. The Labute approximate surface area is 78.9 Å². The highest BCUT2D eigenvalue weighted by atomic mass is 15.3. The van der Waals surface area contributed by atoms with Crippen LogP contribution in [0.1, 0.15) is 51.1 Å². The topological polar surface area (TPSA) is 41.6 Å². The van der Waals surface area contributed by atoms with Gasteiger partial charge in [0.05, 0.1) is 11.9 Å². The van der Waals surface area contributed by atoms with E-state index in [0.29, 0.717) is 11.3 Å². The Balaban J connectivity index is 2.09. The molecule has 0 unspecified atom stereocenters. The monoisotopic (exact) mass is 179 g/mol. The molecule has 1 atom stereocenters. The van der Waals surface area contributed by atoms with Crippen molar-refractivity contribution in [3.63, 3.8) is 0 Å². The Kier molecular flexibility index (Phi) is 2.10. The maximum atomic E-state index is 4.17. The highest BCUT2D eigenvalue weighted by molar-refractivity contribution is 5.04. The van der Waals surface area contributed by atoms with E-state index in [1.54, 1.807) is 0 Å². The predicted molar refractivity (Wildman–Crippen MR) is 51.4 cm³/mol. The van der Waals surface area contributed by atoms with E-state index in [4.69, 9.17) is 0 Å². The van der Waals surface area contributed by atoms with Gasteiger partial charge in [0.1, 0.15) is 0 Å². The second kappa shape index (κ2) is 3.13. The van der Waals surface area contributed by atoms with Crippen molar-refractivity contribution in [3.05, 3.63) is 11.9 Å². The van der Waals surface area contributed by atoms with E-state index >= 15 is 0 Å². The zero-order valence-corrected chi connectivity index (χ0v) is 8.38. The average Bonchev–Trinajstić information content (AvgIpc) is 2.53. The summed E-state index contributed by atoms with van der Waals surface area (Å²) in [6.07, 6.45) is 7.06. The van der Waals surface area contributed by atoms with Gasteiger partial charge in [-0.1, -0.05) is 20.3 Å². The molecule has 0 amide bonds. The SMILES string of the molecule is CC1(C)CCC[C@H](c2cn[nH]n2)C1. The Morgan fingerprint density at radius 3 is 3.00 bits per heavy atom. The Hall–Kier alpha value is -0.860. The lowest BCUT2D eigenvalue weighted by Crippen LogP contribution is -2.21. The maximum absolute atomic E-state index is 4.17. The fraction of sp³-hybridized carbons (Fsp3) is 0.800. The molecule has 0 radical (unpaired) electrons. The van der Waals surface area contributed by atoms with Gasteiger partial charge in [-0.25, -0.2) is 0 Å². The second-order valence-electron chi connectivity index (χ2n) is 4.85. The van der Waals surface area contributed by atoms with Crippen LogP contribution in [0.3, 0.4) is 0 Å². The van der Waals surface area contributed by atoms with Gasteiger partial charge in [0, 0.05) is 5.92 Å². The lowest BCUT2D eigenvalue weighted by atomic mass is 9.71. The molecule has 0 aromatic carbocycles. The van der Waals surface area contributed by atoms with Crippen LogP contribution in [-0.4, -0.2) is 15.4 Å². The molecule has 0 saturated heterocycles. The van der Waals surface area contributed by atoms with Crippen LogP contribution in [0.5, 0.6) is 0 Å². The van der Waals surface area contributed by atoms with E-state index in [-0.39, 0.29) is 0 Å². The van der Waals surface area contributed by atoms with Crippen molar-refractivity contribution >= 4 is 0 Å². The van der Waals surface area contributed by atoms with Crippen LogP contribution in [0.25, 0.3) is 0 Å². The van der Waals surface area contributed by atoms with Gasteiger partial charge < -0.3 is 0 Å². The van der Waals surface area contributed by atoms with E-state index in [9.17, 15) is 0 Å². The molecule has 1 N–H and O–H groups in total. The van der Waals surface area contributed by atoms with E-state index in [1.165, 1.54) is 25.7 Å². The third-order valence-corrected chi connectivity index (χ3v) is 3.06. The van der Waals surface area contributed by atoms with Crippen LogP contribution in [-0.2, 0) is 0 Å². The van der Waals surface area contributed by atoms with Crippen molar-refractivity contribution in [1.29, 1.82) is 0 Å². The molecule has 72 valence electrons. The average molecular weight is 179 g/mol. The highest BCUT2D eigenvalue weighted by Crippen LogP contribution is 2.42. The number of aromatic nitrogens is 3. The fourth-order valence-electron chi connectivity index (χ4n) is 2.36. The minimum absolute atomic E-state index is 0.488. The third-order valence-electron chi connectivity index (χ3n) is 3.06. The van der Waals surface area contributed by atoms with Gasteiger partial charge in [0.25, 0.3) is 0 Å². The van der Waals surface area contributed by atoms with Crippen molar-refractivity contribution in [3.8, 4) is 0 Å². The molecule has 0 aliphatic heterocycles. The van der Waals surface area contributed by atoms with E-state index < -0.39 is 0 Å². The number of hydrogen-bond donors (Lipinski definition) is 1. The molecule has 0 bridgehead atoms. The molecule has 2 rings (SSSR count). The predicted octanol–water partition coefficient (Wildman–Crippen LogP) is 2.49. The smallest absolute Gasteiger partial charge is 0.0855 e. The van der Waals surface area contributed by atoms with Gasteiger partial charge in [-0.15, -0.1) is 0 Å². The van der Waals surface area contributed by atoms with Crippen molar-refractivity contribution in [2.45, 2.75) is 45.4 Å². The Morgan fingerprint density at radius 1 is 1.54 bits per heavy atom. The fourth-order valence-corrected chi connectivity index (χ4v) is 2.36. The lowest BCUT2D eigenvalue weighted by molar-refractivity contribution is 0.217. The number of rotatable bonds is 1. The summed E-state index contributed by atoms with van der Waals surface area (Å²) in [4.78, 5) is 0. The number of H-pyrrole nitrogens is 1. The molecule has 3 heteroatoms. The van der Waals surface area contributed by atoms with Gasteiger partial charge in [0.15, 0.2) is 0 Å². The third kappa shape index (κ3) is 1.90. The Bertz CT molecular complexity index is 264. The zero-order valence-electron chi connectivity index (χ0n) is 8.38. The quantitative estimate of drug-likeness (QED) is 0.719. The lowest BCUT2D eigenvalue weighted by Gasteiger charge is -2.34. The first kappa shape index (κ1) is 8.73. The molecular formula is C10H17N3. The molecule has 1 aliphatic rings. The molecule has 3 nitrogen and oxygen atoms in total. The first-order valence-electron chi connectivity index (χ1n) is 5.03. The number of nitrogens with zero attached hydrogens (tertiary/aromatic N) is 2. The number of aromatic amines is 1. The summed E-state index contributed by atoms with van der Waals surface area (Å²) in [5, 5.41) is 10.7. The van der Waals surface area contributed by atoms with Gasteiger partial charge >= 0.3 is 0 Å². The summed E-state index contributed by atoms with van der Waals surface area (Å²) >= 11 is 0. The molecular weight excluding hydrogens is 162 g/mol. The van der Waals surface area contributed by atoms with Crippen molar-refractivity contribution < 1.29 is 0 Å². The summed E-state index contributed by atoms with van der Waals surface area (Å²) in [5.41, 5.74) is 1.63. The first-order chi connectivity index (χ1) is 6.17. The zero-order chi connectivity index (χ0) is 9.31. The summed E-state index contributed by atoms with van der Waals surface area (Å²) in [5.74, 6) is 0.627. The first-order valence-corrected chi connectivity index (χ1v) is 5.03. The van der Waals surface area contributed by atoms with Crippen molar-refractivity contribution in [2.24, 2.45) is 5.41 Å². The summed E-state index contributed by atoms with van der Waals surface area (Å²) in [6, 6.07) is 0. The van der Waals surface area contributed by atoms with E-state index in [2.05, 4.69) is 29.3 Å². The van der Waals surface area contributed by atoms with Gasteiger partial charge in [-0.3, -0.25) is 0 Å². The van der Waals surface area contributed by atoms with Crippen LogP contribution in [0.4, 0.5) is 0 Å². The highest BCUT2D eigenvalue weighted by Gasteiger charge is 2.29. The molecule has 1 heterocycles.